The Morgan fingerprint density at radius 3 is 2.52 bits per heavy atom. The first kappa shape index (κ1) is 18.6. The molecule has 3 aliphatic rings. The Bertz CT molecular complexity index is 877. The van der Waals surface area contributed by atoms with Crippen molar-refractivity contribution in [3.8, 4) is 0 Å². The molecular weight excluding hydrogens is 368 g/mol. The van der Waals surface area contributed by atoms with Crippen molar-refractivity contribution >= 4 is 23.7 Å². The Morgan fingerprint density at radius 1 is 1.17 bits per heavy atom. The van der Waals surface area contributed by atoms with Crippen LogP contribution in [-0.2, 0) is 10.3 Å². The van der Waals surface area contributed by atoms with Gasteiger partial charge in [-0.15, -0.1) is 0 Å². The smallest absolute Gasteiger partial charge is 0.143 e. The zero-order chi connectivity index (χ0) is 19.9. The van der Waals surface area contributed by atoms with Crippen LogP contribution in [-0.4, -0.2) is 52.8 Å². The molecule has 8 heteroatoms. The predicted octanol–water partition coefficient (Wildman–Crippen LogP) is 2.92. The molecule has 0 amide bonds. The Balaban J connectivity index is 1.56. The van der Waals surface area contributed by atoms with Gasteiger partial charge in [0.15, 0.2) is 0 Å². The summed E-state index contributed by atoms with van der Waals surface area (Å²) in [5.74, 6) is 2.10. The molecule has 0 radical (unpaired) electrons. The summed E-state index contributed by atoms with van der Waals surface area (Å²) in [5, 5.41) is 29.9. The number of hydrogen-bond acceptors (Lipinski definition) is 7. The van der Waals surface area contributed by atoms with Gasteiger partial charge in [-0.2, -0.15) is 5.10 Å². The molecule has 2 aliphatic carbocycles. The molecule has 29 heavy (non-hydrogen) atoms. The number of nitrogens with one attached hydrogen (secondary N) is 3. The van der Waals surface area contributed by atoms with Gasteiger partial charge in [0.1, 0.15) is 17.5 Å². The molecule has 2 aromatic heterocycles. The molecule has 1 aliphatic heterocycles. The van der Waals surface area contributed by atoms with Crippen LogP contribution in [0.25, 0.3) is 0 Å². The standard InChI is InChI=1S/C21H28N6O2/c22-14-15-16(21(28)6-4-20(2-3-20)5-7-21)13-18(27-9-11-29-12-10-27)25-19(15)24-17-1-8-23-26-17/h1,8,13-14,22,28H,2-7,9-12H2,(H2,23,24,25,26). The number of anilines is 3. The van der Waals surface area contributed by atoms with E-state index in [-0.39, 0.29) is 0 Å². The number of H-pyrrole nitrogens is 1. The monoisotopic (exact) mass is 396 g/mol. The van der Waals surface area contributed by atoms with Gasteiger partial charge in [0.2, 0.25) is 0 Å². The van der Waals surface area contributed by atoms with Gasteiger partial charge in [0.25, 0.3) is 0 Å². The van der Waals surface area contributed by atoms with E-state index in [9.17, 15) is 5.11 Å². The van der Waals surface area contributed by atoms with Crippen LogP contribution in [0.2, 0.25) is 0 Å². The van der Waals surface area contributed by atoms with Crippen LogP contribution in [0, 0.1) is 10.8 Å². The second kappa shape index (κ2) is 7.11. The number of nitrogens with zero attached hydrogens (tertiary/aromatic N) is 3. The van der Waals surface area contributed by atoms with Gasteiger partial charge in [-0.1, -0.05) is 0 Å². The second-order valence-corrected chi connectivity index (χ2v) is 8.66. The largest absolute Gasteiger partial charge is 0.385 e. The highest BCUT2D eigenvalue weighted by Crippen LogP contribution is 2.59. The Labute approximate surface area is 170 Å². The first-order valence-corrected chi connectivity index (χ1v) is 10.5. The number of rotatable bonds is 5. The van der Waals surface area contributed by atoms with E-state index in [1.807, 2.05) is 12.1 Å². The highest BCUT2D eigenvalue weighted by atomic mass is 16.5. The molecule has 0 bridgehead atoms. The fourth-order valence-electron chi connectivity index (χ4n) is 4.72. The van der Waals surface area contributed by atoms with Gasteiger partial charge < -0.3 is 25.5 Å². The zero-order valence-corrected chi connectivity index (χ0v) is 16.6. The summed E-state index contributed by atoms with van der Waals surface area (Å²) in [5.41, 5.74) is 1.01. The summed E-state index contributed by atoms with van der Waals surface area (Å²) < 4.78 is 5.49. The van der Waals surface area contributed by atoms with E-state index in [4.69, 9.17) is 15.1 Å². The normalized spacial score (nSPS) is 22.4. The zero-order valence-electron chi connectivity index (χ0n) is 16.6. The van der Waals surface area contributed by atoms with Crippen molar-refractivity contribution in [3.05, 3.63) is 29.5 Å². The van der Waals surface area contributed by atoms with Crippen LogP contribution in [0.5, 0.6) is 0 Å². The maximum Gasteiger partial charge on any atom is 0.143 e. The summed E-state index contributed by atoms with van der Waals surface area (Å²) in [7, 11) is 0. The molecule has 2 aromatic rings. The van der Waals surface area contributed by atoms with E-state index in [0.717, 1.165) is 50.2 Å². The van der Waals surface area contributed by atoms with Crippen molar-refractivity contribution < 1.29 is 9.84 Å². The van der Waals surface area contributed by atoms with E-state index < -0.39 is 5.60 Å². The van der Waals surface area contributed by atoms with Crippen molar-refractivity contribution in [3.63, 3.8) is 0 Å². The summed E-state index contributed by atoms with van der Waals surface area (Å²) in [6, 6.07) is 3.82. The molecular formula is C21H28N6O2. The lowest BCUT2D eigenvalue weighted by Crippen LogP contribution is -2.38. The third kappa shape index (κ3) is 3.51. The number of aromatic nitrogens is 3. The number of ether oxygens (including phenoxy) is 1. The summed E-state index contributed by atoms with van der Waals surface area (Å²) in [6.45, 7) is 2.86. The maximum absolute atomic E-state index is 11.7. The van der Waals surface area contributed by atoms with Crippen molar-refractivity contribution in [2.45, 2.75) is 44.1 Å². The molecule has 1 spiro atoms. The van der Waals surface area contributed by atoms with Crippen molar-refractivity contribution in [1.29, 1.82) is 5.41 Å². The molecule has 2 saturated carbocycles. The van der Waals surface area contributed by atoms with Gasteiger partial charge in [0.05, 0.1) is 25.0 Å². The summed E-state index contributed by atoms with van der Waals surface area (Å²) in [6.07, 6.45) is 9.16. The molecule has 3 heterocycles. The van der Waals surface area contributed by atoms with E-state index >= 15 is 0 Å². The third-order valence-electron chi connectivity index (χ3n) is 6.87. The van der Waals surface area contributed by atoms with E-state index in [1.165, 1.54) is 19.1 Å². The fraction of sp³-hybridized carbons (Fsp3) is 0.571. The third-order valence-corrected chi connectivity index (χ3v) is 6.87. The van der Waals surface area contributed by atoms with Crippen LogP contribution in [0.1, 0.15) is 49.7 Å². The molecule has 5 rings (SSSR count). The van der Waals surface area contributed by atoms with E-state index in [2.05, 4.69) is 20.4 Å². The lowest BCUT2D eigenvalue weighted by Gasteiger charge is -2.38. The minimum atomic E-state index is -0.922. The number of pyridine rings is 1. The molecule has 3 fully saturated rings. The van der Waals surface area contributed by atoms with Crippen LogP contribution < -0.4 is 10.2 Å². The topological polar surface area (TPSA) is 110 Å². The van der Waals surface area contributed by atoms with Crippen molar-refractivity contribution in [2.75, 3.05) is 36.5 Å². The molecule has 0 unspecified atom stereocenters. The lowest BCUT2D eigenvalue weighted by molar-refractivity contribution is -0.0186. The van der Waals surface area contributed by atoms with Crippen LogP contribution in [0.3, 0.4) is 0 Å². The average molecular weight is 396 g/mol. The summed E-state index contributed by atoms with van der Waals surface area (Å²) >= 11 is 0. The van der Waals surface area contributed by atoms with Crippen LogP contribution in [0.4, 0.5) is 17.5 Å². The molecule has 1 saturated heterocycles. The molecule has 4 N–H and O–H groups in total. The average Bonchev–Trinajstić information content (AvgIpc) is 3.33. The fourth-order valence-corrected chi connectivity index (χ4v) is 4.72. The predicted molar refractivity (Wildman–Crippen MR) is 111 cm³/mol. The first-order valence-electron chi connectivity index (χ1n) is 10.5. The maximum atomic E-state index is 11.7. The summed E-state index contributed by atoms with van der Waals surface area (Å²) in [4.78, 5) is 7.01. The minimum absolute atomic E-state index is 0.480. The second-order valence-electron chi connectivity index (χ2n) is 8.66. The Hall–Kier alpha value is -2.45. The van der Waals surface area contributed by atoms with E-state index in [1.54, 1.807) is 6.20 Å². The number of aromatic amines is 1. The lowest BCUT2D eigenvalue weighted by atomic mass is 9.72. The van der Waals surface area contributed by atoms with Gasteiger partial charge in [-0.05, 0) is 55.6 Å². The molecule has 0 atom stereocenters. The molecule has 8 nitrogen and oxygen atoms in total. The minimum Gasteiger partial charge on any atom is -0.385 e. The molecule has 154 valence electrons. The Kier molecular flexibility index (Phi) is 4.55. The van der Waals surface area contributed by atoms with Crippen LogP contribution >= 0.6 is 0 Å². The highest BCUT2D eigenvalue weighted by molar-refractivity contribution is 5.89. The van der Waals surface area contributed by atoms with Crippen molar-refractivity contribution in [1.82, 2.24) is 15.2 Å². The van der Waals surface area contributed by atoms with Crippen molar-refractivity contribution in [2.24, 2.45) is 5.41 Å². The van der Waals surface area contributed by atoms with Gasteiger partial charge in [-0.3, -0.25) is 5.10 Å². The van der Waals surface area contributed by atoms with Crippen LogP contribution in [0.15, 0.2) is 18.3 Å². The van der Waals surface area contributed by atoms with Gasteiger partial charge in [-0.25, -0.2) is 4.98 Å². The number of aliphatic hydroxyl groups is 1. The number of morpholine rings is 1. The van der Waals surface area contributed by atoms with Gasteiger partial charge >= 0.3 is 0 Å². The highest BCUT2D eigenvalue weighted by Gasteiger charge is 2.50. The molecule has 0 aromatic carbocycles. The van der Waals surface area contributed by atoms with Gasteiger partial charge in [0, 0.05) is 30.9 Å². The SMILES string of the molecule is N=Cc1c(C2(O)CCC3(CC3)CC2)cc(N2CCOCC2)nc1Nc1ccn[nH]1. The Morgan fingerprint density at radius 2 is 1.90 bits per heavy atom. The number of hydrogen-bond donors (Lipinski definition) is 4. The quantitative estimate of drug-likeness (QED) is 0.579. The van der Waals surface area contributed by atoms with E-state index in [0.29, 0.717) is 35.8 Å². The first-order chi connectivity index (χ1) is 14.1.